The molecular weight excluding hydrogens is 234 g/mol. The van der Waals surface area contributed by atoms with Crippen LogP contribution < -0.4 is 0 Å². The molecule has 0 amide bonds. The summed E-state index contributed by atoms with van der Waals surface area (Å²) in [6.07, 6.45) is 2.08. The number of hydroxylamine groups is 1. The molecule has 1 heterocycles. The van der Waals surface area contributed by atoms with Gasteiger partial charge in [0, 0.05) is 20.8 Å². The number of furan rings is 1. The molecule has 0 saturated carbocycles. The second kappa shape index (κ2) is 3.91. The first-order valence-corrected chi connectivity index (χ1v) is 5.92. The number of hydrogen-bond acceptors (Lipinski definition) is 4. The van der Waals surface area contributed by atoms with Crippen LogP contribution >= 0.6 is 0 Å². The predicted molar refractivity (Wildman–Crippen MR) is 57.1 cm³/mol. The van der Waals surface area contributed by atoms with Crippen molar-refractivity contribution >= 4 is 16.3 Å². The van der Waals surface area contributed by atoms with E-state index >= 15 is 0 Å². The van der Waals surface area contributed by atoms with E-state index in [0.29, 0.717) is 4.74 Å². The second-order valence-corrected chi connectivity index (χ2v) is 5.64. The van der Waals surface area contributed by atoms with Gasteiger partial charge in [-0.15, -0.1) is 0 Å². The molecule has 0 aromatic carbocycles. The SMILES string of the molecule is CC(C)(C)[N+]([O-])=Cc1occc1S(=O)(=O)O. The van der Waals surface area contributed by atoms with Crippen LogP contribution in [0.4, 0.5) is 0 Å². The van der Waals surface area contributed by atoms with Crippen molar-refractivity contribution in [2.24, 2.45) is 0 Å². The molecule has 0 atom stereocenters. The summed E-state index contributed by atoms with van der Waals surface area (Å²) in [6.45, 7) is 4.98. The average Bonchev–Trinajstić information content (AvgIpc) is 2.49. The third-order valence-corrected chi connectivity index (χ3v) is 2.72. The van der Waals surface area contributed by atoms with Gasteiger partial charge in [-0.25, -0.2) is 4.74 Å². The van der Waals surface area contributed by atoms with Crippen LogP contribution in [-0.4, -0.2) is 29.5 Å². The molecule has 0 radical (unpaired) electrons. The van der Waals surface area contributed by atoms with Gasteiger partial charge in [0.2, 0.25) is 12.0 Å². The Balaban J connectivity index is 3.23. The van der Waals surface area contributed by atoms with Crippen molar-refractivity contribution < 1.29 is 22.1 Å². The molecule has 0 spiro atoms. The van der Waals surface area contributed by atoms with Gasteiger partial charge in [-0.3, -0.25) is 4.55 Å². The molecule has 1 rings (SSSR count). The first-order chi connectivity index (χ1) is 7.12. The first kappa shape index (κ1) is 12.7. The van der Waals surface area contributed by atoms with E-state index in [0.717, 1.165) is 18.5 Å². The zero-order chi connectivity index (χ0) is 12.6. The van der Waals surface area contributed by atoms with Gasteiger partial charge < -0.3 is 9.62 Å². The largest absolute Gasteiger partial charge is 0.623 e. The zero-order valence-electron chi connectivity index (χ0n) is 9.17. The number of rotatable bonds is 2. The van der Waals surface area contributed by atoms with Crippen LogP contribution in [-0.2, 0) is 10.1 Å². The highest BCUT2D eigenvalue weighted by Crippen LogP contribution is 2.15. The smallest absolute Gasteiger partial charge is 0.298 e. The summed E-state index contributed by atoms with van der Waals surface area (Å²) in [5.41, 5.74) is -0.719. The van der Waals surface area contributed by atoms with Crippen LogP contribution in [0.2, 0.25) is 0 Å². The standard InChI is InChI=1S/C9H13NO5S/c1-9(2,3)10(11)6-7-8(4-5-15-7)16(12,13)14/h4-6H,1-3H3,(H,12,13,14). The monoisotopic (exact) mass is 247 g/mol. The van der Waals surface area contributed by atoms with Crippen LogP contribution in [0.3, 0.4) is 0 Å². The highest BCUT2D eigenvalue weighted by atomic mass is 32.2. The van der Waals surface area contributed by atoms with Crippen molar-refractivity contribution in [3.63, 3.8) is 0 Å². The molecule has 0 bridgehead atoms. The molecule has 7 heteroatoms. The maximum Gasteiger partial charge on any atom is 0.298 e. The molecule has 6 nitrogen and oxygen atoms in total. The summed E-state index contributed by atoms with van der Waals surface area (Å²) >= 11 is 0. The lowest BCUT2D eigenvalue weighted by Crippen LogP contribution is -2.29. The average molecular weight is 247 g/mol. The van der Waals surface area contributed by atoms with Gasteiger partial charge in [-0.1, -0.05) is 0 Å². The molecular formula is C9H13NO5S. The van der Waals surface area contributed by atoms with Crippen LogP contribution in [0.15, 0.2) is 21.6 Å². The fourth-order valence-electron chi connectivity index (χ4n) is 0.917. The summed E-state index contributed by atoms with van der Waals surface area (Å²) < 4.78 is 36.0. The Hall–Kier alpha value is -1.34. The van der Waals surface area contributed by atoms with Gasteiger partial charge >= 0.3 is 0 Å². The lowest BCUT2D eigenvalue weighted by Gasteiger charge is -2.18. The third-order valence-electron chi connectivity index (χ3n) is 1.83. The van der Waals surface area contributed by atoms with E-state index < -0.39 is 20.6 Å². The van der Waals surface area contributed by atoms with Crippen molar-refractivity contribution in [3.8, 4) is 0 Å². The molecule has 1 aromatic heterocycles. The Morgan fingerprint density at radius 1 is 1.50 bits per heavy atom. The van der Waals surface area contributed by atoms with Gasteiger partial charge in [0.25, 0.3) is 10.1 Å². The summed E-state index contributed by atoms with van der Waals surface area (Å²) in [6, 6.07) is 1.08. The van der Waals surface area contributed by atoms with Gasteiger partial charge in [0.05, 0.1) is 6.26 Å². The van der Waals surface area contributed by atoms with Crippen LogP contribution in [0.25, 0.3) is 0 Å². The van der Waals surface area contributed by atoms with Crippen molar-refractivity contribution in [1.82, 2.24) is 0 Å². The topological polar surface area (TPSA) is 93.6 Å². The third kappa shape index (κ3) is 2.83. The van der Waals surface area contributed by atoms with Gasteiger partial charge in [0.1, 0.15) is 4.90 Å². The van der Waals surface area contributed by atoms with E-state index in [9.17, 15) is 13.6 Å². The Bertz CT molecular complexity index is 506. The fraction of sp³-hybridized carbons (Fsp3) is 0.444. The van der Waals surface area contributed by atoms with Gasteiger partial charge in [-0.05, 0) is 6.07 Å². The second-order valence-electron chi connectivity index (χ2n) is 4.25. The summed E-state index contributed by atoms with van der Waals surface area (Å²) in [7, 11) is -4.37. The van der Waals surface area contributed by atoms with Crippen molar-refractivity contribution in [1.29, 1.82) is 0 Å². The van der Waals surface area contributed by atoms with E-state index in [4.69, 9.17) is 8.97 Å². The molecule has 1 N–H and O–H groups in total. The maximum absolute atomic E-state index is 11.5. The minimum absolute atomic E-state index is 0.188. The Kier molecular flexibility index (Phi) is 3.11. The summed E-state index contributed by atoms with van der Waals surface area (Å²) in [5, 5.41) is 11.5. The molecule has 1 aromatic rings. The van der Waals surface area contributed by atoms with E-state index in [1.54, 1.807) is 20.8 Å². The number of nitrogens with zero attached hydrogens (tertiary/aromatic N) is 1. The molecule has 0 fully saturated rings. The fourth-order valence-corrected chi connectivity index (χ4v) is 1.50. The van der Waals surface area contributed by atoms with E-state index in [1.807, 2.05) is 0 Å². The van der Waals surface area contributed by atoms with E-state index in [2.05, 4.69) is 0 Å². The van der Waals surface area contributed by atoms with Gasteiger partial charge in [-0.2, -0.15) is 8.42 Å². The van der Waals surface area contributed by atoms with Gasteiger partial charge in [0.15, 0.2) is 5.54 Å². The maximum atomic E-state index is 11.5. The van der Waals surface area contributed by atoms with Crippen molar-refractivity contribution in [3.05, 3.63) is 23.3 Å². The molecule has 0 saturated heterocycles. The van der Waals surface area contributed by atoms with Crippen LogP contribution in [0.1, 0.15) is 26.5 Å². The normalized spacial score (nSPS) is 14.1. The lowest BCUT2D eigenvalue weighted by molar-refractivity contribution is -0.531. The minimum Gasteiger partial charge on any atom is -0.623 e. The molecule has 0 aliphatic heterocycles. The molecule has 0 unspecified atom stereocenters. The summed E-state index contributed by atoms with van der Waals surface area (Å²) in [4.78, 5) is -0.419. The molecule has 16 heavy (non-hydrogen) atoms. The Morgan fingerprint density at radius 3 is 2.50 bits per heavy atom. The lowest BCUT2D eigenvalue weighted by atomic mass is 10.1. The van der Waals surface area contributed by atoms with Crippen molar-refractivity contribution in [2.75, 3.05) is 0 Å². The number of hydrogen-bond donors (Lipinski definition) is 1. The summed E-state index contributed by atoms with van der Waals surface area (Å²) in [5.74, 6) is -0.188. The van der Waals surface area contributed by atoms with Crippen LogP contribution in [0.5, 0.6) is 0 Å². The zero-order valence-corrected chi connectivity index (χ0v) is 9.98. The highest BCUT2D eigenvalue weighted by molar-refractivity contribution is 7.86. The Labute approximate surface area is 93.5 Å². The molecule has 0 aliphatic rings. The quantitative estimate of drug-likeness (QED) is 0.279. The Morgan fingerprint density at radius 2 is 2.06 bits per heavy atom. The van der Waals surface area contributed by atoms with E-state index in [-0.39, 0.29) is 5.76 Å². The minimum atomic E-state index is -4.37. The molecule has 0 aliphatic carbocycles. The predicted octanol–water partition coefficient (Wildman–Crippen LogP) is 1.25. The van der Waals surface area contributed by atoms with Crippen LogP contribution in [0, 0.1) is 5.21 Å². The highest BCUT2D eigenvalue weighted by Gasteiger charge is 2.23. The molecule has 90 valence electrons. The van der Waals surface area contributed by atoms with E-state index in [1.165, 1.54) is 0 Å². The van der Waals surface area contributed by atoms with Crippen molar-refractivity contribution in [2.45, 2.75) is 31.2 Å². The first-order valence-electron chi connectivity index (χ1n) is 4.48.